The lowest BCUT2D eigenvalue weighted by Gasteiger charge is -2.29. The quantitative estimate of drug-likeness (QED) is 0.810. The predicted octanol–water partition coefficient (Wildman–Crippen LogP) is 0.365. The van der Waals surface area contributed by atoms with Gasteiger partial charge in [0, 0.05) is 13.1 Å². The van der Waals surface area contributed by atoms with Gasteiger partial charge in [0.2, 0.25) is 11.8 Å². The Labute approximate surface area is 123 Å². The lowest BCUT2D eigenvalue weighted by molar-refractivity contribution is -0.142. The molecular weight excluding hydrogens is 270 g/mol. The minimum atomic E-state index is -0.420. The van der Waals surface area contributed by atoms with E-state index in [1.165, 1.54) is 11.3 Å². The lowest BCUT2D eigenvalue weighted by Crippen LogP contribution is -2.44. The Morgan fingerprint density at radius 2 is 2.05 bits per heavy atom. The number of carbonyl (C=O) groups excluding carboxylic acids is 2. The molecule has 2 fully saturated rings. The van der Waals surface area contributed by atoms with Crippen LogP contribution in [0.15, 0.2) is 6.33 Å². The van der Waals surface area contributed by atoms with Crippen LogP contribution in [0, 0.1) is 0 Å². The first-order chi connectivity index (χ1) is 10.2. The summed E-state index contributed by atoms with van der Waals surface area (Å²) in [6.45, 7) is 0.443. The van der Waals surface area contributed by atoms with E-state index in [0.717, 1.165) is 31.5 Å². The van der Waals surface area contributed by atoms with Gasteiger partial charge >= 0.3 is 0 Å². The molecule has 21 heavy (non-hydrogen) atoms. The van der Waals surface area contributed by atoms with Gasteiger partial charge in [0.1, 0.15) is 12.2 Å². The van der Waals surface area contributed by atoms with Gasteiger partial charge in [-0.3, -0.25) is 19.8 Å². The number of hydrogen-bond donors (Lipinski definition) is 1. The zero-order chi connectivity index (χ0) is 14.8. The third kappa shape index (κ3) is 2.83. The van der Waals surface area contributed by atoms with Gasteiger partial charge in [-0.1, -0.05) is 19.3 Å². The summed E-state index contributed by atoms with van der Waals surface area (Å²) in [5.41, 5.74) is 0. The van der Waals surface area contributed by atoms with Crippen LogP contribution in [-0.2, 0) is 23.2 Å². The standard InChI is InChI=1S/C14H21N5O2/c1-18-9-16-17-12(18)8-15-11-7-13(20)19(14(11)21)10-5-3-2-4-6-10/h9-11,15H,2-8H2,1H3. The number of nitrogens with zero attached hydrogens (tertiary/aromatic N) is 4. The second-order valence-corrected chi connectivity index (χ2v) is 5.89. The molecule has 1 aliphatic carbocycles. The topological polar surface area (TPSA) is 80.1 Å². The van der Waals surface area contributed by atoms with Gasteiger partial charge in [-0.15, -0.1) is 10.2 Å². The van der Waals surface area contributed by atoms with Gasteiger partial charge in [-0.05, 0) is 12.8 Å². The van der Waals surface area contributed by atoms with E-state index in [9.17, 15) is 9.59 Å². The number of likely N-dealkylation sites (tertiary alicyclic amines) is 1. The SMILES string of the molecule is Cn1cnnc1CNC1CC(=O)N(C2CCCCC2)C1=O. The van der Waals surface area contributed by atoms with E-state index in [-0.39, 0.29) is 24.3 Å². The fourth-order valence-electron chi connectivity index (χ4n) is 3.22. The van der Waals surface area contributed by atoms with Gasteiger partial charge in [-0.25, -0.2) is 0 Å². The van der Waals surface area contributed by atoms with E-state index in [4.69, 9.17) is 0 Å². The second-order valence-electron chi connectivity index (χ2n) is 5.89. The Morgan fingerprint density at radius 3 is 2.71 bits per heavy atom. The van der Waals surface area contributed by atoms with Crippen molar-refractivity contribution in [2.75, 3.05) is 0 Å². The molecule has 7 heteroatoms. The summed E-state index contributed by atoms with van der Waals surface area (Å²) in [7, 11) is 1.85. The highest BCUT2D eigenvalue weighted by atomic mass is 16.2. The Morgan fingerprint density at radius 1 is 1.29 bits per heavy atom. The molecule has 0 aromatic carbocycles. The maximum absolute atomic E-state index is 12.5. The van der Waals surface area contributed by atoms with Crippen molar-refractivity contribution in [3.05, 3.63) is 12.2 Å². The molecule has 0 bridgehead atoms. The fourth-order valence-corrected chi connectivity index (χ4v) is 3.22. The first kappa shape index (κ1) is 14.2. The summed E-state index contributed by atoms with van der Waals surface area (Å²) >= 11 is 0. The summed E-state index contributed by atoms with van der Waals surface area (Å²) in [6.07, 6.45) is 7.21. The van der Waals surface area contributed by atoms with Crippen LogP contribution in [0.5, 0.6) is 0 Å². The first-order valence-corrected chi connectivity index (χ1v) is 7.59. The molecule has 1 N–H and O–H groups in total. The number of nitrogens with one attached hydrogen (secondary N) is 1. The van der Waals surface area contributed by atoms with Crippen molar-refractivity contribution in [2.45, 2.75) is 57.2 Å². The summed E-state index contributed by atoms with van der Waals surface area (Å²) < 4.78 is 1.80. The van der Waals surface area contributed by atoms with Crippen molar-refractivity contribution < 1.29 is 9.59 Å². The molecule has 0 spiro atoms. The molecule has 2 heterocycles. The number of aromatic nitrogens is 3. The van der Waals surface area contributed by atoms with Gasteiger partial charge < -0.3 is 4.57 Å². The van der Waals surface area contributed by atoms with E-state index in [1.54, 1.807) is 10.9 Å². The number of carbonyl (C=O) groups is 2. The average molecular weight is 291 g/mol. The third-order valence-corrected chi connectivity index (χ3v) is 4.43. The number of imide groups is 1. The molecular formula is C14H21N5O2. The van der Waals surface area contributed by atoms with E-state index < -0.39 is 6.04 Å². The van der Waals surface area contributed by atoms with E-state index in [0.29, 0.717) is 6.54 Å². The van der Waals surface area contributed by atoms with Crippen molar-refractivity contribution >= 4 is 11.8 Å². The summed E-state index contributed by atoms with van der Waals surface area (Å²) in [5.74, 6) is 0.641. The van der Waals surface area contributed by atoms with E-state index in [1.807, 2.05) is 7.05 Å². The molecule has 1 unspecified atom stereocenters. The highest BCUT2D eigenvalue weighted by Gasteiger charge is 2.42. The summed E-state index contributed by atoms with van der Waals surface area (Å²) in [4.78, 5) is 26.1. The van der Waals surface area contributed by atoms with Gasteiger partial charge in [0.25, 0.3) is 0 Å². The van der Waals surface area contributed by atoms with Crippen LogP contribution in [-0.4, -0.2) is 43.6 Å². The van der Waals surface area contributed by atoms with Crippen LogP contribution >= 0.6 is 0 Å². The molecule has 3 rings (SSSR count). The Balaban J connectivity index is 1.61. The fraction of sp³-hybridized carbons (Fsp3) is 0.714. The highest BCUT2D eigenvalue weighted by Crippen LogP contribution is 2.27. The van der Waals surface area contributed by atoms with Crippen LogP contribution in [0.1, 0.15) is 44.3 Å². The lowest BCUT2D eigenvalue weighted by atomic mass is 9.94. The van der Waals surface area contributed by atoms with Crippen LogP contribution in [0.2, 0.25) is 0 Å². The number of amides is 2. The molecule has 7 nitrogen and oxygen atoms in total. The number of rotatable bonds is 4. The molecule has 114 valence electrons. The van der Waals surface area contributed by atoms with E-state index in [2.05, 4.69) is 15.5 Å². The minimum absolute atomic E-state index is 0.0395. The highest BCUT2D eigenvalue weighted by molar-refractivity contribution is 6.05. The van der Waals surface area contributed by atoms with Gasteiger partial charge in [0.05, 0.1) is 19.0 Å². The summed E-state index contributed by atoms with van der Waals surface area (Å²) in [6, 6.07) is -0.309. The van der Waals surface area contributed by atoms with Gasteiger partial charge in [-0.2, -0.15) is 0 Å². The van der Waals surface area contributed by atoms with E-state index >= 15 is 0 Å². The second kappa shape index (κ2) is 5.93. The van der Waals surface area contributed by atoms with Crippen LogP contribution < -0.4 is 5.32 Å². The Bertz CT molecular complexity index is 535. The molecule has 1 saturated heterocycles. The predicted molar refractivity (Wildman–Crippen MR) is 75.0 cm³/mol. The Hall–Kier alpha value is -1.76. The molecule has 1 aromatic heterocycles. The van der Waals surface area contributed by atoms with Crippen molar-refractivity contribution in [2.24, 2.45) is 7.05 Å². The molecule has 1 aliphatic heterocycles. The molecule has 1 saturated carbocycles. The largest absolute Gasteiger partial charge is 0.320 e. The Kier molecular flexibility index (Phi) is 4.01. The smallest absolute Gasteiger partial charge is 0.247 e. The summed E-state index contributed by atoms with van der Waals surface area (Å²) in [5, 5.41) is 10.9. The molecule has 1 atom stereocenters. The van der Waals surface area contributed by atoms with Crippen LogP contribution in [0.3, 0.4) is 0 Å². The zero-order valence-electron chi connectivity index (χ0n) is 12.3. The molecule has 2 aliphatic rings. The third-order valence-electron chi connectivity index (χ3n) is 4.43. The van der Waals surface area contributed by atoms with Crippen molar-refractivity contribution in [3.63, 3.8) is 0 Å². The molecule has 2 amide bonds. The number of aryl methyl sites for hydroxylation is 1. The maximum Gasteiger partial charge on any atom is 0.247 e. The minimum Gasteiger partial charge on any atom is -0.320 e. The van der Waals surface area contributed by atoms with Gasteiger partial charge in [0.15, 0.2) is 0 Å². The van der Waals surface area contributed by atoms with Crippen LogP contribution in [0.4, 0.5) is 0 Å². The average Bonchev–Trinajstić information content (AvgIpc) is 3.01. The number of hydrogen-bond acceptors (Lipinski definition) is 5. The zero-order valence-corrected chi connectivity index (χ0v) is 12.3. The molecule has 0 radical (unpaired) electrons. The van der Waals surface area contributed by atoms with Crippen molar-refractivity contribution in [1.82, 2.24) is 25.0 Å². The first-order valence-electron chi connectivity index (χ1n) is 7.59. The monoisotopic (exact) mass is 291 g/mol. The normalized spacial score (nSPS) is 24.0. The van der Waals surface area contributed by atoms with Crippen molar-refractivity contribution in [1.29, 1.82) is 0 Å². The molecule has 1 aromatic rings. The van der Waals surface area contributed by atoms with Crippen LogP contribution in [0.25, 0.3) is 0 Å². The maximum atomic E-state index is 12.5. The van der Waals surface area contributed by atoms with Crippen molar-refractivity contribution in [3.8, 4) is 0 Å².